The number of benzene rings is 1. The van der Waals surface area contributed by atoms with E-state index < -0.39 is 54.9 Å². The third-order valence-electron chi connectivity index (χ3n) is 7.52. The lowest BCUT2D eigenvalue weighted by Gasteiger charge is -2.35. The van der Waals surface area contributed by atoms with Crippen LogP contribution in [0.5, 0.6) is 5.75 Å². The monoisotopic (exact) mass is 617 g/mol. The molecule has 0 aliphatic carbocycles. The van der Waals surface area contributed by atoms with Crippen LogP contribution < -0.4 is 10.1 Å². The Morgan fingerprint density at radius 3 is 2.39 bits per heavy atom. The quantitative estimate of drug-likeness (QED) is 0.348. The van der Waals surface area contributed by atoms with E-state index in [1.165, 1.54) is 39.0 Å². The maximum Gasteiger partial charge on any atom is 0.409 e. The number of aromatic nitrogens is 1. The molecule has 2 fully saturated rings. The van der Waals surface area contributed by atoms with Gasteiger partial charge in [0.2, 0.25) is 5.91 Å². The topological polar surface area (TPSA) is 179 Å². The van der Waals surface area contributed by atoms with Gasteiger partial charge >= 0.3 is 12.1 Å². The fourth-order valence-electron chi connectivity index (χ4n) is 5.09. The zero-order valence-electron chi connectivity index (χ0n) is 24.4. The van der Waals surface area contributed by atoms with Gasteiger partial charge in [-0.05, 0) is 38.3 Å². The normalized spacial score (nSPS) is 16.4. The molecule has 0 radical (unpaired) electrons. The maximum absolute atomic E-state index is 14.8. The van der Waals surface area contributed by atoms with Gasteiger partial charge in [-0.25, -0.2) is 14.2 Å². The van der Waals surface area contributed by atoms with Crippen LogP contribution in [0.4, 0.5) is 9.18 Å². The zero-order chi connectivity index (χ0) is 31.8. The molecule has 0 bridgehead atoms. The second kappa shape index (κ2) is 14.8. The van der Waals surface area contributed by atoms with Gasteiger partial charge in [0.15, 0.2) is 6.61 Å². The number of carbonyl (C=O) groups excluding carboxylic acids is 4. The molecule has 2 aliphatic rings. The minimum Gasteiger partial charge on any atom is -0.483 e. The smallest absolute Gasteiger partial charge is 0.409 e. The van der Waals surface area contributed by atoms with Gasteiger partial charge in [-0.2, -0.15) is 0 Å². The number of carboxylic acids is 1. The number of ether oxygens (including phenoxy) is 2. The highest BCUT2D eigenvalue weighted by Gasteiger charge is 2.31. The van der Waals surface area contributed by atoms with Crippen LogP contribution in [0.2, 0.25) is 0 Å². The molecule has 238 valence electrons. The molecule has 0 saturated carbocycles. The molecule has 0 spiro atoms. The fraction of sp³-hybridized carbons (Fsp3) is 0.517. The summed E-state index contributed by atoms with van der Waals surface area (Å²) in [4.78, 5) is 71.5. The number of aliphatic hydroxyl groups is 1. The van der Waals surface area contributed by atoms with Gasteiger partial charge in [-0.3, -0.25) is 19.2 Å². The van der Waals surface area contributed by atoms with E-state index >= 15 is 0 Å². The number of carboxylic acid groups (broad SMARTS) is 1. The highest BCUT2D eigenvalue weighted by molar-refractivity contribution is 5.99. The van der Waals surface area contributed by atoms with Crippen molar-refractivity contribution < 1.29 is 48.0 Å². The summed E-state index contributed by atoms with van der Waals surface area (Å²) in [6, 6.07) is 4.00. The predicted octanol–water partition coefficient (Wildman–Crippen LogP) is 1.000. The largest absolute Gasteiger partial charge is 0.483 e. The molecule has 1 aromatic carbocycles. The number of halogens is 1. The number of nitrogens with zero attached hydrogens (tertiary/aromatic N) is 4. The van der Waals surface area contributed by atoms with Crippen LogP contribution in [0.25, 0.3) is 10.9 Å². The highest BCUT2D eigenvalue weighted by atomic mass is 19.1. The average Bonchev–Trinajstić information content (AvgIpc) is 3.01. The van der Waals surface area contributed by atoms with E-state index in [-0.39, 0.29) is 67.5 Å². The van der Waals surface area contributed by atoms with Gasteiger partial charge < -0.3 is 39.7 Å². The number of piperazine rings is 1. The zero-order valence-corrected chi connectivity index (χ0v) is 24.4. The van der Waals surface area contributed by atoms with Gasteiger partial charge in [0.1, 0.15) is 23.3 Å². The van der Waals surface area contributed by atoms with Gasteiger partial charge in [0.25, 0.3) is 11.8 Å². The third kappa shape index (κ3) is 8.09. The molecule has 15 heteroatoms. The molecular weight excluding hydrogens is 581 g/mol. The first-order valence-corrected chi connectivity index (χ1v) is 14.5. The van der Waals surface area contributed by atoms with Crippen molar-refractivity contribution in [2.45, 2.75) is 44.8 Å². The number of rotatable bonds is 10. The first-order chi connectivity index (χ1) is 21.1. The van der Waals surface area contributed by atoms with Crippen molar-refractivity contribution >= 4 is 40.7 Å². The summed E-state index contributed by atoms with van der Waals surface area (Å²) < 4.78 is 25.5. The van der Waals surface area contributed by atoms with E-state index in [4.69, 9.17) is 9.47 Å². The lowest BCUT2D eigenvalue weighted by Crippen LogP contribution is -2.56. The third-order valence-corrected chi connectivity index (χ3v) is 7.52. The van der Waals surface area contributed by atoms with E-state index in [1.807, 2.05) is 0 Å². The number of carbonyl (C=O) groups is 5. The van der Waals surface area contributed by atoms with E-state index in [0.29, 0.717) is 25.9 Å². The number of amides is 4. The van der Waals surface area contributed by atoms with Gasteiger partial charge in [-0.1, -0.05) is 6.07 Å². The van der Waals surface area contributed by atoms with Crippen molar-refractivity contribution in [3.05, 3.63) is 35.8 Å². The number of nitrogens with one attached hydrogen (secondary N) is 1. The summed E-state index contributed by atoms with van der Waals surface area (Å²) in [6.07, 6.45) is -0.705. The molecule has 14 nitrogen and oxygen atoms in total. The Morgan fingerprint density at radius 2 is 1.73 bits per heavy atom. The molecule has 1 aromatic heterocycles. The van der Waals surface area contributed by atoms with Crippen LogP contribution in [-0.4, -0.2) is 124 Å². The fourth-order valence-corrected chi connectivity index (χ4v) is 5.09. The molecule has 3 heterocycles. The maximum atomic E-state index is 14.8. The summed E-state index contributed by atoms with van der Waals surface area (Å²) in [5.74, 6) is -3.66. The van der Waals surface area contributed by atoms with E-state index in [9.17, 15) is 38.6 Å². The number of hydrogen-bond donors (Lipinski definition) is 3. The molecule has 0 unspecified atom stereocenters. The molecule has 1 atom stereocenters. The Hall–Kier alpha value is -4.53. The van der Waals surface area contributed by atoms with Crippen molar-refractivity contribution in [1.82, 2.24) is 25.0 Å². The Balaban J connectivity index is 1.50. The van der Waals surface area contributed by atoms with Crippen LogP contribution in [0.3, 0.4) is 0 Å². The SMILES string of the molecule is CCOC(=O)N1CCN(C(=O)[C@H](CCC(=O)O)NC(=O)c2cc(OCC(=O)N3CCC(O)CC3)c3c(F)cccc3n2)CC1. The lowest BCUT2D eigenvalue weighted by molar-refractivity contribution is -0.138. The van der Waals surface area contributed by atoms with Gasteiger partial charge in [0.05, 0.1) is 23.6 Å². The minimum atomic E-state index is -1.22. The summed E-state index contributed by atoms with van der Waals surface area (Å²) in [7, 11) is 0. The van der Waals surface area contributed by atoms with Crippen molar-refractivity contribution in [2.24, 2.45) is 0 Å². The van der Waals surface area contributed by atoms with Gasteiger partial charge in [-0.15, -0.1) is 0 Å². The van der Waals surface area contributed by atoms with E-state index in [1.54, 1.807) is 6.92 Å². The number of pyridine rings is 1. The molecule has 2 aromatic rings. The highest BCUT2D eigenvalue weighted by Crippen LogP contribution is 2.28. The van der Waals surface area contributed by atoms with Crippen LogP contribution in [0, 0.1) is 5.82 Å². The molecule has 4 rings (SSSR count). The van der Waals surface area contributed by atoms with Crippen LogP contribution in [-0.2, 0) is 19.1 Å². The number of likely N-dealkylation sites (tertiary alicyclic amines) is 1. The lowest BCUT2D eigenvalue weighted by atomic mass is 10.1. The number of aliphatic carboxylic acids is 1. The number of hydrogen-bond acceptors (Lipinski definition) is 9. The molecule has 44 heavy (non-hydrogen) atoms. The molecule has 3 N–H and O–H groups in total. The van der Waals surface area contributed by atoms with Crippen LogP contribution in [0.1, 0.15) is 43.1 Å². The Labute approximate surface area is 252 Å². The average molecular weight is 618 g/mol. The Bertz CT molecular complexity index is 1390. The van der Waals surface area contributed by atoms with Crippen molar-refractivity contribution in [2.75, 3.05) is 52.5 Å². The second-order valence-corrected chi connectivity index (χ2v) is 10.5. The van der Waals surface area contributed by atoms with E-state index in [2.05, 4.69) is 10.3 Å². The second-order valence-electron chi connectivity index (χ2n) is 10.5. The van der Waals surface area contributed by atoms with Crippen molar-refractivity contribution in [1.29, 1.82) is 0 Å². The van der Waals surface area contributed by atoms with Crippen molar-refractivity contribution in [3.8, 4) is 5.75 Å². The standard InChI is InChI=1S/C29H36FN5O9/c1-2-43-29(42)35-14-12-34(13-15-35)28(41)21(6-7-25(38)39)32-27(40)22-16-23(26-19(30)4-3-5-20(26)31-22)44-17-24(37)33-10-8-18(36)9-11-33/h3-5,16,18,21,36H,2,6-15,17H2,1H3,(H,32,40)(H,38,39)/t21-/m0/s1. The number of piperidine rings is 1. The van der Waals surface area contributed by atoms with Crippen LogP contribution in [0.15, 0.2) is 24.3 Å². The van der Waals surface area contributed by atoms with E-state index in [0.717, 1.165) is 0 Å². The van der Waals surface area contributed by atoms with Gasteiger partial charge in [0, 0.05) is 51.8 Å². The minimum absolute atomic E-state index is 0.0381. The summed E-state index contributed by atoms with van der Waals surface area (Å²) >= 11 is 0. The Kier molecular flexibility index (Phi) is 10.9. The first kappa shape index (κ1) is 32.4. The number of aliphatic hydroxyl groups excluding tert-OH is 1. The molecule has 2 saturated heterocycles. The molecular formula is C29H36FN5O9. The van der Waals surface area contributed by atoms with Crippen LogP contribution >= 0.6 is 0 Å². The summed E-state index contributed by atoms with van der Waals surface area (Å²) in [5, 5.41) is 21.5. The summed E-state index contributed by atoms with van der Waals surface area (Å²) in [6.45, 7) is 2.90. The summed E-state index contributed by atoms with van der Waals surface area (Å²) in [5.41, 5.74) is -0.156. The molecule has 4 amide bonds. The predicted molar refractivity (Wildman–Crippen MR) is 152 cm³/mol. The van der Waals surface area contributed by atoms with Crippen molar-refractivity contribution in [3.63, 3.8) is 0 Å². The molecule has 2 aliphatic heterocycles. The number of fused-ring (bicyclic) bond motifs is 1. The Morgan fingerprint density at radius 1 is 1.05 bits per heavy atom. The first-order valence-electron chi connectivity index (χ1n) is 14.5.